The fraction of sp³-hybridized carbons (Fsp3) is 0.222. The van der Waals surface area contributed by atoms with E-state index in [1.807, 2.05) is 31.2 Å². The lowest BCUT2D eigenvalue weighted by atomic mass is 10.4. The van der Waals surface area contributed by atoms with E-state index in [4.69, 9.17) is 5.73 Å². The van der Waals surface area contributed by atoms with E-state index in [1.165, 1.54) is 0 Å². The second-order valence-corrected chi connectivity index (χ2v) is 2.40. The van der Waals surface area contributed by atoms with E-state index in [1.54, 1.807) is 6.07 Å². The molecule has 0 unspecified atom stereocenters. The summed E-state index contributed by atoms with van der Waals surface area (Å²) in [4.78, 5) is 4.08. The van der Waals surface area contributed by atoms with Gasteiger partial charge in [-0.1, -0.05) is 18.2 Å². The Labute approximate surface area is 72.3 Å². The van der Waals surface area contributed by atoms with Crippen LogP contribution in [0.4, 0.5) is 11.6 Å². The molecular weight excluding hydrogens is 150 g/mol. The van der Waals surface area contributed by atoms with Crippen molar-refractivity contribution in [3.63, 3.8) is 0 Å². The molecule has 0 radical (unpaired) electrons. The molecule has 1 rings (SSSR count). The van der Waals surface area contributed by atoms with Crippen molar-refractivity contribution in [2.45, 2.75) is 6.92 Å². The van der Waals surface area contributed by atoms with Crippen LogP contribution in [0, 0.1) is 0 Å². The summed E-state index contributed by atoms with van der Waals surface area (Å²) in [5.74, 6) is 1.36. The van der Waals surface area contributed by atoms with E-state index in [0.29, 0.717) is 5.82 Å². The van der Waals surface area contributed by atoms with Gasteiger partial charge in [-0.3, -0.25) is 0 Å². The third-order valence-corrected chi connectivity index (χ3v) is 1.41. The third kappa shape index (κ3) is 2.62. The summed E-state index contributed by atoms with van der Waals surface area (Å²) in [6.07, 6.45) is 4.00. The Hall–Kier alpha value is -1.51. The molecule has 0 aliphatic rings. The first-order chi connectivity index (χ1) is 5.83. The third-order valence-electron chi connectivity index (χ3n) is 1.41. The number of nitrogens with one attached hydrogen (secondary N) is 1. The molecule has 1 aromatic rings. The topological polar surface area (TPSA) is 50.9 Å². The van der Waals surface area contributed by atoms with Crippen LogP contribution in [-0.4, -0.2) is 11.5 Å². The zero-order valence-corrected chi connectivity index (χ0v) is 7.12. The fourth-order valence-corrected chi connectivity index (χ4v) is 0.831. The van der Waals surface area contributed by atoms with Crippen LogP contribution in [-0.2, 0) is 0 Å². The minimum absolute atomic E-state index is 0.542. The summed E-state index contributed by atoms with van der Waals surface area (Å²) >= 11 is 0. The van der Waals surface area contributed by atoms with Crippen molar-refractivity contribution in [2.24, 2.45) is 0 Å². The Morgan fingerprint density at radius 3 is 3.08 bits per heavy atom. The highest BCUT2D eigenvalue weighted by molar-refractivity contribution is 5.42. The smallest absolute Gasteiger partial charge is 0.128 e. The molecular formula is C9H13N3. The van der Waals surface area contributed by atoms with E-state index in [2.05, 4.69) is 10.3 Å². The van der Waals surface area contributed by atoms with Crippen molar-refractivity contribution < 1.29 is 0 Å². The lowest BCUT2D eigenvalue weighted by Crippen LogP contribution is -2.01. The predicted molar refractivity (Wildman–Crippen MR) is 52.0 cm³/mol. The normalized spacial score (nSPS) is 10.4. The summed E-state index contributed by atoms with van der Waals surface area (Å²) in [6, 6.07) is 5.53. The molecule has 3 heteroatoms. The van der Waals surface area contributed by atoms with E-state index in [0.717, 1.165) is 12.4 Å². The molecule has 1 heterocycles. The zero-order valence-electron chi connectivity index (χ0n) is 7.12. The van der Waals surface area contributed by atoms with Gasteiger partial charge in [0.25, 0.3) is 0 Å². The van der Waals surface area contributed by atoms with Gasteiger partial charge in [-0.05, 0) is 19.1 Å². The number of anilines is 2. The molecule has 3 nitrogen and oxygen atoms in total. The number of hydrogen-bond donors (Lipinski definition) is 2. The quantitative estimate of drug-likeness (QED) is 0.666. The van der Waals surface area contributed by atoms with Crippen molar-refractivity contribution in [3.8, 4) is 0 Å². The second-order valence-electron chi connectivity index (χ2n) is 2.40. The molecule has 0 saturated carbocycles. The standard InChI is InChI=1S/C9H13N3/c1-2-3-7-11-9-6-4-5-8(10)12-9/h2-6H,7H2,1H3,(H3,10,11,12)/b3-2+. The van der Waals surface area contributed by atoms with E-state index >= 15 is 0 Å². The fourth-order valence-electron chi connectivity index (χ4n) is 0.831. The molecule has 0 aliphatic heterocycles. The predicted octanol–water partition coefficient (Wildman–Crippen LogP) is 1.65. The molecule has 64 valence electrons. The highest BCUT2D eigenvalue weighted by Crippen LogP contribution is 2.04. The van der Waals surface area contributed by atoms with Crippen LogP contribution in [0.5, 0.6) is 0 Å². The Balaban J connectivity index is 2.52. The maximum absolute atomic E-state index is 5.49. The van der Waals surface area contributed by atoms with Gasteiger partial charge < -0.3 is 11.1 Å². The summed E-state index contributed by atoms with van der Waals surface area (Å²) in [5.41, 5.74) is 5.49. The number of allylic oxidation sites excluding steroid dienone is 1. The summed E-state index contributed by atoms with van der Waals surface area (Å²) in [7, 11) is 0. The summed E-state index contributed by atoms with van der Waals surface area (Å²) < 4.78 is 0. The molecule has 12 heavy (non-hydrogen) atoms. The minimum atomic E-state index is 0.542. The number of hydrogen-bond acceptors (Lipinski definition) is 3. The van der Waals surface area contributed by atoms with Gasteiger partial charge in [-0.25, -0.2) is 4.98 Å². The van der Waals surface area contributed by atoms with Crippen LogP contribution >= 0.6 is 0 Å². The summed E-state index contributed by atoms with van der Waals surface area (Å²) in [5, 5.41) is 3.11. The molecule has 0 spiro atoms. The Bertz CT molecular complexity index is 268. The van der Waals surface area contributed by atoms with Gasteiger partial charge in [-0.15, -0.1) is 0 Å². The molecule has 0 fully saturated rings. The van der Waals surface area contributed by atoms with Crippen molar-refractivity contribution in [3.05, 3.63) is 30.4 Å². The van der Waals surface area contributed by atoms with Crippen molar-refractivity contribution >= 4 is 11.6 Å². The maximum Gasteiger partial charge on any atom is 0.128 e. The lowest BCUT2D eigenvalue weighted by molar-refractivity contribution is 1.23. The van der Waals surface area contributed by atoms with Gasteiger partial charge >= 0.3 is 0 Å². The van der Waals surface area contributed by atoms with Crippen LogP contribution in [0.2, 0.25) is 0 Å². The van der Waals surface area contributed by atoms with Crippen LogP contribution in [0.1, 0.15) is 6.92 Å². The van der Waals surface area contributed by atoms with Crippen molar-refractivity contribution in [1.82, 2.24) is 4.98 Å². The Morgan fingerprint density at radius 2 is 2.42 bits per heavy atom. The molecule has 0 atom stereocenters. The summed E-state index contributed by atoms with van der Waals surface area (Å²) in [6.45, 7) is 2.77. The van der Waals surface area contributed by atoms with Crippen LogP contribution < -0.4 is 11.1 Å². The molecule has 0 aliphatic carbocycles. The molecule has 0 saturated heterocycles. The highest BCUT2D eigenvalue weighted by Gasteiger charge is 1.90. The van der Waals surface area contributed by atoms with Gasteiger partial charge in [0, 0.05) is 6.54 Å². The highest BCUT2D eigenvalue weighted by atomic mass is 15.0. The lowest BCUT2D eigenvalue weighted by Gasteiger charge is -2.01. The van der Waals surface area contributed by atoms with E-state index < -0.39 is 0 Å². The SMILES string of the molecule is C/C=C/CNc1cccc(N)n1. The van der Waals surface area contributed by atoms with Gasteiger partial charge in [0.1, 0.15) is 11.6 Å². The first-order valence-corrected chi connectivity index (χ1v) is 3.90. The number of pyridine rings is 1. The first-order valence-electron chi connectivity index (χ1n) is 3.90. The average Bonchev–Trinajstić information content (AvgIpc) is 2.05. The van der Waals surface area contributed by atoms with Crippen LogP contribution in [0.15, 0.2) is 30.4 Å². The first kappa shape index (κ1) is 8.59. The van der Waals surface area contributed by atoms with Crippen molar-refractivity contribution in [2.75, 3.05) is 17.6 Å². The largest absolute Gasteiger partial charge is 0.384 e. The Kier molecular flexibility index (Phi) is 3.14. The molecule has 0 bridgehead atoms. The van der Waals surface area contributed by atoms with E-state index in [-0.39, 0.29) is 0 Å². The number of rotatable bonds is 3. The number of aromatic nitrogens is 1. The average molecular weight is 163 g/mol. The molecule has 3 N–H and O–H groups in total. The molecule has 1 aromatic heterocycles. The van der Waals surface area contributed by atoms with Gasteiger partial charge in [0.15, 0.2) is 0 Å². The van der Waals surface area contributed by atoms with Crippen LogP contribution in [0.3, 0.4) is 0 Å². The second kappa shape index (κ2) is 4.38. The zero-order chi connectivity index (χ0) is 8.81. The monoisotopic (exact) mass is 163 g/mol. The molecule has 0 amide bonds. The minimum Gasteiger partial charge on any atom is -0.384 e. The number of nitrogens with zero attached hydrogens (tertiary/aromatic N) is 1. The van der Waals surface area contributed by atoms with Gasteiger partial charge in [0.2, 0.25) is 0 Å². The van der Waals surface area contributed by atoms with Crippen molar-refractivity contribution in [1.29, 1.82) is 0 Å². The molecule has 0 aromatic carbocycles. The van der Waals surface area contributed by atoms with E-state index in [9.17, 15) is 0 Å². The Morgan fingerprint density at radius 1 is 1.58 bits per heavy atom. The van der Waals surface area contributed by atoms with Gasteiger partial charge in [-0.2, -0.15) is 0 Å². The van der Waals surface area contributed by atoms with Crippen LogP contribution in [0.25, 0.3) is 0 Å². The van der Waals surface area contributed by atoms with Gasteiger partial charge in [0.05, 0.1) is 0 Å². The number of nitrogens with two attached hydrogens (primary N) is 1. The number of nitrogen functional groups attached to an aromatic ring is 1. The maximum atomic E-state index is 5.49.